The fraction of sp³-hybridized carbons (Fsp3) is 0.700. The number of piperazine rings is 1. The summed E-state index contributed by atoms with van der Waals surface area (Å²) in [6.07, 6.45) is -3.89. The predicted octanol–water partition coefficient (Wildman–Crippen LogP) is 5.25. The molecule has 2 aliphatic rings. The summed E-state index contributed by atoms with van der Waals surface area (Å²) in [5.41, 5.74) is 0.112. The fourth-order valence-corrected chi connectivity index (χ4v) is 4.42. The molecule has 27 heavy (non-hydrogen) atoms. The van der Waals surface area contributed by atoms with Gasteiger partial charge < -0.3 is 5.32 Å². The minimum atomic E-state index is -4.38. The van der Waals surface area contributed by atoms with E-state index in [1.807, 2.05) is 0 Å². The Morgan fingerprint density at radius 3 is 2.22 bits per heavy atom. The first-order valence-electron chi connectivity index (χ1n) is 9.61. The van der Waals surface area contributed by atoms with Crippen molar-refractivity contribution in [2.24, 2.45) is 5.92 Å². The Morgan fingerprint density at radius 2 is 1.67 bits per heavy atom. The van der Waals surface area contributed by atoms with Crippen molar-refractivity contribution < 1.29 is 22.0 Å². The van der Waals surface area contributed by atoms with Crippen molar-refractivity contribution in [2.75, 3.05) is 13.1 Å². The van der Waals surface area contributed by atoms with Crippen molar-refractivity contribution in [1.82, 2.24) is 10.2 Å². The Bertz CT molecular complexity index is 618. The van der Waals surface area contributed by atoms with Crippen LogP contribution in [-0.2, 0) is 6.18 Å². The number of hydrogen-bond acceptors (Lipinski definition) is 2. The summed E-state index contributed by atoms with van der Waals surface area (Å²) in [6, 6.07) is 5.58. The molecule has 1 saturated heterocycles. The van der Waals surface area contributed by atoms with Gasteiger partial charge in [-0.1, -0.05) is 12.1 Å². The van der Waals surface area contributed by atoms with Crippen LogP contribution in [0.2, 0.25) is 0 Å². The predicted molar refractivity (Wildman–Crippen MR) is 94.7 cm³/mol. The molecule has 3 atom stereocenters. The highest BCUT2D eigenvalue weighted by atomic mass is 19.4. The monoisotopic (exact) mass is 390 g/mol. The summed E-state index contributed by atoms with van der Waals surface area (Å²) < 4.78 is 66.1. The minimum absolute atomic E-state index is 0.0223. The molecule has 0 amide bonds. The van der Waals surface area contributed by atoms with E-state index in [1.54, 1.807) is 0 Å². The molecule has 0 aromatic heterocycles. The second-order valence-electron chi connectivity index (χ2n) is 8.11. The van der Waals surface area contributed by atoms with Gasteiger partial charge in [-0.15, -0.1) is 0 Å². The van der Waals surface area contributed by atoms with Gasteiger partial charge in [-0.2, -0.15) is 13.2 Å². The highest BCUT2D eigenvalue weighted by Gasteiger charge is 2.42. The van der Waals surface area contributed by atoms with E-state index in [0.29, 0.717) is 12.8 Å². The average Bonchev–Trinajstić information content (AvgIpc) is 2.59. The summed E-state index contributed by atoms with van der Waals surface area (Å²) in [5, 5.41) is 3.40. The van der Waals surface area contributed by atoms with Gasteiger partial charge in [0.2, 0.25) is 5.92 Å². The van der Waals surface area contributed by atoms with Crippen LogP contribution in [0.4, 0.5) is 22.0 Å². The van der Waals surface area contributed by atoms with E-state index in [-0.39, 0.29) is 36.9 Å². The minimum Gasteiger partial charge on any atom is -0.311 e. The van der Waals surface area contributed by atoms with Crippen molar-refractivity contribution >= 4 is 0 Å². The quantitative estimate of drug-likeness (QED) is 0.709. The Balaban J connectivity index is 1.90. The maximum absolute atomic E-state index is 13.7. The van der Waals surface area contributed by atoms with Crippen molar-refractivity contribution in [3.8, 4) is 0 Å². The first-order chi connectivity index (χ1) is 12.6. The van der Waals surface area contributed by atoms with Gasteiger partial charge in [0.1, 0.15) is 0 Å². The van der Waals surface area contributed by atoms with Crippen molar-refractivity contribution in [3.05, 3.63) is 35.4 Å². The molecule has 0 spiro atoms. The average molecular weight is 390 g/mol. The van der Waals surface area contributed by atoms with Gasteiger partial charge >= 0.3 is 6.18 Å². The Hall–Kier alpha value is -1.21. The summed E-state index contributed by atoms with van der Waals surface area (Å²) in [7, 11) is 0. The van der Waals surface area contributed by atoms with Crippen LogP contribution < -0.4 is 5.32 Å². The van der Waals surface area contributed by atoms with Gasteiger partial charge in [0.25, 0.3) is 0 Å². The Labute approximate surface area is 157 Å². The lowest BCUT2D eigenvalue weighted by Gasteiger charge is -2.47. The van der Waals surface area contributed by atoms with E-state index >= 15 is 0 Å². The van der Waals surface area contributed by atoms with Crippen molar-refractivity contribution in [2.45, 2.75) is 69.8 Å². The molecule has 0 bridgehead atoms. The van der Waals surface area contributed by atoms with Crippen molar-refractivity contribution in [1.29, 1.82) is 0 Å². The number of benzene rings is 1. The van der Waals surface area contributed by atoms with Gasteiger partial charge in [0.15, 0.2) is 0 Å². The zero-order valence-electron chi connectivity index (χ0n) is 15.7. The van der Waals surface area contributed by atoms with Crippen LogP contribution in [0.5, 0.6) is 0 Å². The maximum atomic E-state index is 13.7. The topological polar surface area (TPSA) is 15.3 Å². The van der Waals surface area contributed by atoms with Crippen LogP contribution in [-0.4, -0.2) is 36.0 Å². The third-order valence-corrected chi connectivity index (χ3v) is 5.96. The molecule has 1 aromatic rings. The van der Waals surface area contributed by atoms with E-state index in [0.717, 1.165) is 30.8 Å². The van der Waals surface area contributed by atoms with Crippen LogP contribution in [0, 0.1) is 5.92 Å². The zero-order chi connectivity index (χ0) is 19.8. The number of nitrogens with one attached hydrogen (secondary N) is 1. The van der Waals surface area contributed by atoms with Crippen LogP contribution >= 0.6 is 0 Å². The molecule has 1 aromatic carbocycles. The number of nitrogens with zero attached hydrogens (tertiary/aromatic N) is 1. The van der Waals surface area contributed by atoms with E-state index < -0.39 is 17.7 Å². The van der Waals surface area contributed by atoms with E-state index in [4.69, 9.17) is 0 Å². The highest BCUT2D eigenvalue weighted by molar-refractivity contribution is 5.28. The lowest BCUT2D eigenvalue weighted by molar-refractivity contribution is -0.137. The zero-order valence-corrected chi connectivity index (χ0v) is 15.7. The summed E-state index contributed by atoms with van der Waals surface area (Å²) in [5.74, 6) is -2.60. The summed E-state index contributed by atoms with van der Waals surface area (Å²) in [6.45, 7) is 5.67. The lowest BCUT2D eigenvalue weighted by atomic mass is 9.78. The molecular weight excluding hydrogens is 363 g/mol. The first-order valence-corrected chi connectivity index (χ1v) is 9.61. The lowest BCUT2D eigenvalue weighted by Crippen LogP contribution is -2.56. The molecule has 1 heterocycles. The molecule has 152 valence electrons. The maximum Gasteiger partial charge on any atom is 0.416 e. The Kier molecular flexibility index (Phi) is 5.82. The SMILES string of the molecule is C[C@@H]1CN[C@@H](C)CN1C(c1ccc(C(F)(F)F)cc1)C1CCC(F)(F)CC1. The van der Waals surface area contributed by atoms with Crippen LogP contribution in [0.3, 0.4) is 0 Å². The first kappa shape index (κ1) is 20.5. The second-order valence-corrected chi connectivity index (χ2v) is 8.11. The number of hydrogen-bond donors (Lipinski definition) is 1. The molecule has 1 aliphatic heterocycles. The second kappa shape index (κ2) is 7.66. The molecule has 0 radical (unpaired) electrons. The third kappa shape index (κ3) is 4.80. The van der Waals surface area contributed by atoms with Crippen LogP contribution in [0.15, 0.2) is 24.3 Å². The van der Waals surface area contributed by atoms with Gasteiger partial charge in [-0.25, -0.2) is 8.78 Å². The largest absolute Gasteiger partial charge is 0.416 e. The third-order valence-electron chi connectivity index (χ3n) is 5.96. The van der Waals surface area contributed by atoms with Gasteiger partial charge in [-0.3, -0.25) is 4.90 Å². The number of halogens is 5. The molecule has 2 nitrogen and oxygen atoms in total. The fourth-order valence-electron chi connectivity index (χ4n) is 4.42. The molecule has 1 unspecified atom stereocenters. The molecule has 7 heteroatoms. The smallest absolute Gasteiger partial charge is 0.311 e. The summed E-state index contributed by atoms with van der Waals surface area (Å²) >= 11 is 0. The Morgan fingerprint density at radius 1 is 1.07 bits per heavy atom. The number of rotatable bonds is 3. The van der Waals surface area contributed by atoms with Gasteiger partial charge in [-0.05, 0) is 50.3 Å². The molecule has 2 fully saturated rings. The standard InChI is InChI=1S/C20H27F5N2/c1-13-12-27(14(2)11-26-13)18(16-7-9-19(21,22)10-8-16)15-3-5-17(6-4-15)20(23,24)25/h3-6,13-14,16,18,26H,7-12H2,1-2H3/t13-,14+,18?/m0/s1. The molecular formula is C20H27F5N2. The normalized spacial score (nSPS) is 28.9. The molecule has 1 aliphatic carbocycles. The van der Waals surface area contributed by atoms with Crippen LogP contribution in [0.1, 0.15) is 56.7 Å². The number of alkyl halides is 5. The van der Waals surface area contributed by atoms with Gasteiger partial charge in [0.05, 0.1) is 5.56 Å². The van der Waals surface area contributed by atoms with E-state index in [2.05, 4.69) is 24.1 Å². The van der Waals surface area contributed by atoms with Crippen LogP contribution in [0.25, 0.3) is 0 Å². The van der Waals surface area contributed by atoms with Gasteiger partial charge in [0, 0.05) is 44.1 Å². The van der Waals surface area contributed by atoms with E-state index in [9.17, 15) is 22.0 Å². The highest BCUT2D eigenvalue weighted by Crippen LogP contribution is 2.45. The van der Waals surface area contributed by atoms with E-state index in [1.165, 1.54) is 12.1 Å². The molecule has 1 N–H and O–H groups in total. The molecule has 1 saturated carbocycles. The summed E-state index contributed by atoms with van der Waals surface area (Å²) in [4.78, 5) is 2.29. The molecule has 3 rings (SSSR count). The van der Waals surface area contributed by atoms with Crippen molar-refractivity contribution in [3.63, 3.8) is 0 Å².